The fraction of sp³-hybridized carbons (Fsp3) is 0.357. The predicted octanol–water partition coefficient (Wildman–Crippen LogP) is 2.15. The van der Waals surface area contributed by atoms with Crippen molar-refractivity contribution < 1.29 is 14.1 Å². The lowest BCUT2D eigenvalue weighted by Crippen LogP contribution is -2.10. The third-order valence-corrected chi connectivity index (χ3v) is 4.67. The molecule has 2 atom stereocenters. The van der Waals surface area contributed by atoms with Crippen molar-refractivity contribution in [1.82, 2.24) is 10.1 Å². The number of aromatic nitrogens is 2. The van der Waals surface area contributed by atoms with Gasteiger partial charge in [0.25, 0.3) is 0 Å². The van der Waals surface area contributed by atoms with E-state index < -0.39 is 0 Å². The molecule has 102 valence electrons. The number of hydrogen-bond acceptors (Lipinski definition) is 6. The Morgan fingerprint density at radius 2 is 2.20 bits per heavy atom. The maximum atomic E-state index is 11.7. The quantitative estimate of drug-likeness (QED) is 0.843. The first-order valence-corrected chi connectivity index (χ1v) is 7.65. The number of rotatable bonds is 2. The molecule has 1 aromatic heterocycles. The Bertz CT molecular complexity index is 645. The predicted molar refractivity (Wildman–Crippen MR) is 72.9 cm³/mol. The van der Waals surface area contributed by atoms with Gasteiger partial charge in [-0.15, -0.1) is 0 Å². The molecule has 0 radical (unpaired) electrons. The van der Waals surface area contributed by atoms with Gasteiger partial charge in [0.15, 0.2) is 11.9 Å². The molecule has 4 rings (SSSR count). The van der Waals surface area contributed by atoms with E-state index >= 15 is 0 Å². The number of benzene rings is 1. The SMILES string of the molecule is O=C1CSCC1c1nc(C2Cc3ccccc3O2)no1. The minimum Gasteiger partial charge on any atom is -0.482 e. The number of hydrogen-bond donors (Lipinski definition) is 0. The van der Waals surface area contributed by atoms with Gasteiger partial charge in [0, 0.05) is 12.2 Å². The van der Waals surface area contributed by atoms with Gasteiger partial charge in [0.1, 0.15) is 11.7 Å². The maximum Gasteiger partial charge on any atom is 0.238 e. The summed E-state index contributed by atoms with van der Waals surface area (Å²) in [4.78, 5) is 16.1. The van der Waals surface area contributed by atoms with Crippen LogP contribution in [-0.2, 0) is 11.2 Å². The molecular formula is C14H12N2O3S. The molecule has 3 heterocycles. The minimum absolute atomic E-state index is 0.167. The van der Waals surface area contributed by atoms with Crippen molar-refractivity contribution in [3.63, 3.8) is 0 Å². The summed E-state index contributed by atoms with van der Waals surface area (Å²) in [5, 5.41) is 3.99. The van der Waals surface area contributed by atoms with Gasteiger partial charge in [-0.1, -0.05) is 23.4 Å². The van der Waals surface area contributed by atoms with Gasteiger partial charge in [0.2, 0.25) is 11.7 Å². The van der Waals surface area contributed by atoms with Crippen molar-refractivity contribution in [1.29, 1.82) is 0 Å². The second kappa shape index (κ2) is 4.63. The molecule has 2 aliphatic rings. The zero-order chi connectivity index (χ0) is 13.5. The highest BCUT2D eigenvalue weighted by molar-refractivity contribution is 8.00. The Kier molecular flexibility index (Phi) is 2.77. The van der Waals surface area contributed by atoms with Crippen molar-refractivity contribution in [2.45, 2.75) is 18.4 Å². The van der Waals surface area contributed by atoms with Gasteiger partial charge in [-0.25, -0.2) is 0 Å². The highest BCUT2D eigenvalue weighted by atomic mass is 32.2. The van der Waals surface area contributed by atoms with E-state index in [-0.39, 0.29) is 17.8 Å². The molecule has 0 N–H and O–H groups in total. The first-order chi connectivity index (χ1) is 9.81. The Hall–Kier alpha value is -1.82. The summed E-state index contributed by atoms with van der Waals surface area (Å²) in [6, 6.07) is 7.90. The zero-order valence-corrected chi connectivity index (χ0v) is 11.4. The average molecular weight is 288 g/mol. The lowest BCUT2D eigenvalue weighted by atomic mass is 10.1. The van der Waals surface area contributed by atoms with Crippen LogP contribution in [-0.4, -0.2) is 27.4 Å². The van der Waals surface area contributed by atoms with Crippen LogP contribution < -0.4 is 4.74 Å². The lowest BCUT2D eigenvalue weighted by Gasteiger charge is -2.04. The number of thioether (sulfide) groups is 1. The third-order valence-electron chi connectivity index (χ3n) is 3.61. The molecular weight excluding hydrogens is 276 g/mol. The molecule has 0 bridgehead atoms. The molecule has 20 heavy (non-hydrogen) atoms. The molecule has 2 aromatic rings. The van der Waals surface area contributed by atoms with Crippen molar-refractivity contribution >= 4 is 17.5 Å². The fourth-order valence-electron chi connectivity index (χ4n) is 2.53. The fourth-order valence-corrected chi connectivity index (χ4v) is 3.61. The molecule has 0 aliphatic carbocycles. The smallest absolute Gasteiger partial charge is 0.238 e. The average Bonchev–Trinajstić information content (AvgIpc) is 3.15. The number of ether oxygens (including phenoxy) is 1. The molecule has 0 amide bonds. The van der Waals surface area contributed by atoms with Crippen LogP contribution in [0.25, 0.3) is 0 Å². The Balaban J connectivity index is 1.56. The summed E-state index contributed by atoms with van der Waals surface area (Å²) in [6.45, 7) is 0. The summed E-state index contributed by atoms with van der Waals surface area (Å²) in [7, 11) is 0. The van der Waals surface area contributed by atoms with Crippen LogP contribution in [0.1, 0.15) is 29.3 Å². The number of para-hydroxylation sites is 1. The summed E-state index contributed by atoms with van der Waals surface area (Å²) >= 11 is 1.61. The van der Waals surface area contributed by atoms with E-state index in [0.717, 1.165) is 23.5 Å². The van der Waals surface area contributed by atoms with Crippen LogP contribution in [0.2, 0.25) is 0 Å². The van der Waals surface area contributed by atoms with Crippen LogP contribution in [0.5, 0.6) is 5.75 Å². The van der Waals surface area contributed by atoms with E-state index in [1.54, 1.807) is 11.8 Å². The van der Waals surface area contributed by atoms with Gasteiger partial charge in [0.05, 0.1) is 5.75 Å². The second-order valence-electron chi connectivity index (χ2n) is 4.94. The number of nitrogens with zero attached hydrogens (tertiary/aromatic N) is 2. The van der Waals surface area contributed by atoms with E-state index in [9.17, 15) is 4.79 Å². The van der Waals surface area contributed by atoms with Crippen LogP contribution in [0.4, 0.5) is 0 Å². The number of carbonyl (C=O) groups excluding carboxylic acids is 1. The summed E-state index contributed by atoms with van der Waals surface area (Å²) < 4.78 is 11.1. The third kappa shape index (κ3) is 1.91. The van der Waals surface area contributed by atoms with E-state index in [2.05, 4.69) is 10.1 Å². The maximum absolute atomic E-state index is 11.7. The van der Waals surface area contributed by atoms with Gasteiger partial charge in [-0.05, 0) is 11.6 Å². The monoisotopic (exact) mass is 288 g/mol. The van der Waals surface area contributed by atoms with Crippen LogP contribution in [0.15, 0.2) is 28.8 Å². The zero-order valence-electron chi connectivity index (χ0n) is 10.6. The van der Waals surface area contributed by atoms with E-state index in [1.165, 1.54) is 0 Å². The van der Waals surface area contributed by atoms with Crippen LogP contribution in [0, 0.1) is 0 Å². The molecule has 1 saturated heterocycles. The molecule has 1 fully saturated rings. The topological polar surface area (TPSA) is 65.2 Å². The Morgan fingerprint density at radius 3 is 3.00 bits per heavy atom. The molecule has 6 heteroatoms. The van der Waals surface area contributed by atoms with E-state index in [4.69, 9.17) is 9.26 Å². The van der Waals surface area contributed by atoms with Gasteiger partial charge in [-0.2, -0.15) is 16.7 Å². The number of ketones is 1. The molecule has 1 aromatic carbocycles. The van der Waals surface area contributed by atoms with Crippen molar-refractivity contribution in [2.75, 3.05) is 11.5 Å². The van der Waals surface area contributed by atoms with E-state index in [1.807, 2.05) is 24.3 Å². The molecule has 2 aliphatic heterocycles. The highest BCUT2D eigenvalue weighted by Crippen LogP contribution is 2.36. The number of carbonyl (C=O) groups is 1. The molecule has 5 nitrogen and oxygen atoms in total. The first kappa shape index (κ1) is 12.0. The highest BCUT2D eigenvalue weighted by Gasteiger charge is 2.34. The first-order valence-electron chi connectivity index (χ1n) is 6.50. The second-order valence-corrected chi connectivity index (χ2v) is 5.97. The van der Waals surface area contributed by atoms with Crippen LogP contribution in [0.3, 0.4) is 0 Å². The number of Topliss-reactive ketones (excluding diaryl/α,β-unsaturated/α-hetero) is 1. The van der Waals surface area contributed by atoms with Gasteiger partial charge >= 0.3 is 0 Å². The van der Waals surface area contributed by atoms with Crippen molar-refractivity contribution in [2.24, 2.45) is 0 Å². The van der Waals surface area contributed by atoms with E-state index in [0.29, 0.717) is 17.5 Å². The summed E-state index contributed by atoms with van der Waals surface area (Å²) in [6.07, 6.45) is 0.525. The Morgan fingerprint density at radius 1 is 1.30 bits per heavy atom. The summed E-state index contributed by atoms with van der Waals surface area (Å²) in [5.74, 6) is 3.01. The van der Waals surface area contributed by atoms with Crippen molar-refractivity contribution in [3.8, 4) is 5.75 Å². The molecule has 0 saturated carbocycles. The van der Waals surface area contributed by atoms with Crippen molar-refractivity contribution in [3.05, 3.63) is 41.5 Å². The lowest BCUT2D eigenvalue weighted by molar-refractivity contribution is -0.117. The molecule has 0 spiro atoms. The largest absolute Gasteiger partial charge is 0.482 e. The summed E-state index contributed by atoms with van der Waals surface area (Å²) in [5.41, 5.74) is 1.15. The number of fused-ring (bicyclic) bond motifs is 1. The van der Waals surface area contributed by atoms with Gasteiger partial charge in [-0.3, -0.25) is 4.79 Å². The minimum atomic E-state index is -0.245. The Labute approximate surface area is 119 Å². The molecule has 2 unspecified atom stereocenters. The van der Waals surface area contributed by atoms with Gasteiger partial charge < -0.3 is 9.26 Å². The van der Waals surface area contributed by atoms with Crippen LogP contribution >= 0.6 is 11.8 Å². The standard InChI is InChI=1S/C14H12N2O3S/c17-10-7-20-6-9(10)14-15-13(16-19-14)12-5-8-3-1-2-4-11(8)18-12/h1-4,9,12H,5-7H2. The normalized spacial score (nSPS) is 24.7.